The van der Waals surface area contributed by atoms with Crippen molar-refractivity contribution >= 4 is 17.8 Å². The summed E-state index contributed by atoms with van der Waals surface area (Å²) in [5.41, 5.74) is 3.06. The van der Waals surface area contributed by atoms with Gasteiger partial charge < -0.3 is 20.3 Å². The first-order valence-corrected chi connectivity index (χ1v) is 13.3. The van der Waals surface area contributed by atoms with Gasteiger partial charge in [-0.1, -0.05) is 12.1 Å². The van der Waals surface area contributed by atoms with Crippen LogP contribution in [0.4, 0.5) is 15.0 Å². The molecule has 1 aromatic carbocycles. The van der Waals surface area contributed by atoms with Gasteiger partial charge in [-0.05, 0) is 76.3 Å². The van der Waals surface area contributed by atoms with E-state index in [-0.39, 0.29) is 23.9 Å². The zero-order chi connectivity index (χ0) is 28.2. The number of halogens is 1. The summed E-state index contributed by atoms with van der Waals surface area (Å²) in [5, 5.41) is 10.5. The molecule has 208 valence electrons. The monoisotopic (exact) mass is 536 g/mol. The van der Waals surface area contributed by atoms with E-state index >= 15 is 0 Å². The zero-order valence-corrected chi connectivity index (χ0v) is 23.3. The Labute approximate surface area is 228 Å². The molecule has 4 rings (SSSR count). The molecule has 0 aliphatic carbocycles. The number of aryl methyl sites for hydroxylation is 2. The number of anilines is 1. The number of amides is 2. The van der Waals surface area contributed by atoms with Gasteiger partial charge >= 0.3 is 6.09 Å². The van der Waals surface area contributed by atoms with E-state index in [0.717, 1.165) is 35.2 Å². The molecule has 1 saturated heterocycles. The van der Waals surface area contributed by atoms with Crippen molar-refractivity contribution in [1.82, 2.24) is 25.0 Å². The smallest absolute Gasteiger partial charge is 0.410 e. The molecular formula is C29H37FN6O3. The Kier molecular flexibility index (Phi) is 8.52. The normalized spacial score (nSPS) is 15.3. The van der Waals surface area contributed by atoms with Gasteiger partial charge in [-0.3, -0.25) is 9.48 Å². The van der Waals surface area contributed by atoms with Crippen LogP contribution in [-0.2, 0) is 18.2 Å². The Balaban J connectivity index is 1.51. The second-order valence-electron chi connectivity index (χ2n) is 10.9. The number of nitrogens with zero attached hydrogens (tertiary/aromatic N) is 4. The Morgan fingerprint density at radius 1 is 1.23 bits per heavy atom. The van der Waals surface area contributed by atoms with Crippen LogP contribution in [0.1, 0.15) is 55.1 Å². The maximum absolute atomic E-state index is 13.6. The van der Waals surface area contributed by atoms with E-state index < -0.39 is 5.60 Å². The fourth-order valence-corrected chi connectivity index (χ4v) is 4.69. The van der Waals surface area contributed by atoms with Crippen LogP contribution in [0.5, 0.6) is 0 Å². The predicted molar refractivity (Wildman–Crippen MR) is 148 cm³/mol. The van der Waals surface area contributed by atoms with Crippen LogP contribution >= 0.6 is 0 Å². The number of hydrogen-bond donors (Lipinski definition) is 2. The lowest BCUT2D eigenvalue weighted by molar-refractivity contribution is 0.0225. The molecule has 39 heavy (non-hydrogen) atoms. The van der Waals surface area contributed by atoms with Gasteiger partial charge in [0.2, 0.25) is 0 Å². The average Bonchev–Trinajstić information content (AvgIpc) is 3.51. The summed E-state index contributed by atoms with van der Waals surface area (Å²) in [6.45, 7) is 8.79. The average molecular weight is 537 g/mol. The maximum atomic E-state index is 13.6. The van der Waals surface area contributed by atoms with Crippen molar-refractivity contribution in [2.24, 2.45) is 7.05 Å². The number of pyridine rings is 1. The van der Waals surface area contributed by atoms with E-state index in [1.807, 2.05) is 53.1 Å². The van der Waals surface area contributed by atoms with Crippen molar-refractivity contribution in [2.45, 2.75) is 58.6 Å². The van der Waals surface area contributed by atoms with Crippen molar-refractivity contribution in [1.29, 1.82) is 0 Å². The molecule has 1 aliphatic heterocycles. The summed E-state index contributed by atoms with van der Waals surface area (Å²) in [7, 11) is 1.84. The second kappa shape index (κ2) is 11.8. The Hall–Kier alpha value is -3.95. The van der Waals surface area contributed by atoms with Crippen LogP contribution in [0.2, 0.25) is 0 Å². The second-order valence-corrected chi connectivity index (χ2v) is 10.9. The largest absolute Gasteiger partial charge is 0.444 e. The van der Waals surface area contributed by atoms with Crippen LogP contribution in [0.25, 0.3) is 11.3 Å². The minimum Gasteiger partial charge on any atom is -0.444 e. The van der Waals surface area contributed by atoms with Crippen molar-refractivity contribution in [2.75, 3.05) is 25.0 Å². The number of hydrogen-bond acceptors (Lipinski definition) is 6. The fraction of sp³-hybridized carbons (Fsp3) is 0.448. The van der Waals surface area contributed by atoms with Crippen LogP contribution in [-0.4, -0.2) is 62.9 Å². The van der Waals surface area contributed by atoms with E-state index in [0.29, 0.717) is 37.4 Å². The van der Waals surface area contributed by atoms with Gasteiger partial charge in [0, 0.05) is 38.4 Å². The highest BCUT2D eigenvalue weighted by Gasteiger charge is 2.32. The molecule has 2 amide bonds. The van der Waals surface area contributed by atoms with E-state index in [4.69, 9.17) is 9.72 Å². The molecule has 3 heterocycles. The molecule has 3 aromatic rings. The molecule has 1 fully saturated rings. The third kappa shape index (κ3) is 7.34. The van der Waals surface area contributed by atoms with Gasteiger partial charge in [-0.15, -0.1) is 0 Å². The first-order chi connectivity index (χ1) is 18.5. The lowest BCUT2D eigenvalue weighted by atomic mass is 10.1. The Morgan fingerprint density at radius 3 is 2.72 bits per heavy atom. The van der Waals surface area contributed by atoms with Gasteiger partial charge in [0.1, 0.15) is 17.2 Å². The molecule has 0 saturated carbocycles. The number of rotatable bonds is 8. The highest BCUT2D eigenvalue weighted by molar-refractivity contribution is 5.99. The highest BCUT2D eigenvalue weighted by atomic mass is 19.1. The van der Waals surface area contributed by atoms with Crippen LogP contribution in [0.3, 0.4) is 0 Å². The van der Waals surface area contributed by atoms with Crippen LogP contribution < -0.4 is 10.6 Å². The Morgan fingerprint density at radius 2 is 2.03 bits per heavy atom. The minimum atomic E-state index is -0.585. The summed E-state index contributed by atoms with van der Waals surface area (Å²) in [4.78, 5) is 32.6. The van der Waals surface area contributed by atoms with Crippen molar-refractivity contribution in [3.8, 4) is 11.3 Å². The quantitative estimate of drug-likeness (QED) is 0.432. The number of likely N-dealkylation sites (tertiary alicyclic amines) is 1. The topological polar surface area (TPSA) is 101 Å². The molecule has 0 bridgehead atoms. The van der Waals surface area contributed by atoms with E-state index in [2.05, 4.69) is 15.7 Å². The third-order valence-corrected chi connectivity index (χ3v) is 6.53. The molecule has 1 aliphatic rings. The lowest BCUT2D eigenvalue weighted by Gasteiger charge is -2.28. The van der Waals surface area contributed by atoms with Crippen molar-refractivity contribution < 1.29 is 18.7 Å². The SMILES string of the molecule is Cc1cc(C(=O)NC[C@H]2CCCN2C(=O)OC(C)(C)C)c(NCCc2cccc(F)c2)nc1-c1cnn(C)c1. The summed E-state index contributed by atoms with van der Waals surface area (Å²) >= 11 is 0. The zero-order valence-electron chi connectivity index (χ0n) is 23.3. The van der Waals surface area contributed by atoms with Gasteiger partial charge in [0.25, 0.3) is 5.91 Å². The molecule has 2 aromatic heterocycles. The molecular weight excluding hydrogens is 499 g/mol. The summed E-state index contributed by atoms with van der Waals surface area (Å²) in [6.07, 6.45) is 5.44. The van der Waals surface area contributed by atoms with Crippen molar-refractivity contribution in [3.05, 3.63) is 65.2 Å². The lowest BCUT2D eigenvalue weighted by Crippen LogP contribution is -2.45. The number of carbonyl (C=O) groups is 2. The molecule has 0 unspecified atom stereocenters. The third-order valence-electron chi connectivity index (χ3n) is 6.53. The van der Waals surface area contributed by atoms with Crippen LogP contribution in [0.15, 0.2) is 42.7 Å². The first-order valence-electron chi connectivity index (χ1n) is 13.3. The first kappa shape index (κ1) is 28.1. The van der Waals surface area contributed by atoms with E-state index in [1.54, 1.807) is 21.8 Å². The molecule has 10 heteroatoms. The molecule has 0 spiro atoms. The van der Waals surface area contributed by atoms with Gasteiger partial charge in [-0.25, -0.2) is 14.2 Å². The highest BCUT2D eigenvalue weighted by Crippen LogP contribution is 2.26. The Bertz CT molecular complexity index is 1330. The number of aromatic nitrogens is 3. The number of carbonyl (C=O) groups excluding carboxylic acids is 2. The summed E-state index contributed by atoms with van der Waals surface area (Å²) in [5.74, 6) is -0.136. The summed E-state index contributed by atoms with van der Waals surface area (Å²) < 4.78 is 20.9. The van der Waals surface area contributed by atoms with Crippen molar-refractivity contribution in [3.63, 3.8) is 0 Å². The van der Waals surface area contributed by atoms with Gasteiger partial charge in [-0.2, -0.15) is 5.10 Å². The molecule has 2 N–H and O–H groups in total. The number of ether oxygens (including phenoxy) is 1. The summed E-state index contributed by atoms with van der Waals surface area (Å²) in [6, 6.07) is 8.12. The van der Waals surface area contributed by atoms with Crippen LogP contribution in [0, 0.1) is 12.7 Å². The standard InChI is InChI=1S/C29H37FN6O3/c1-19-14-24(27(37)32-17-23-10-7-13-36(23)28(38)39-29(2,3)4)26(34-25(19)21-16-33-35(5)18-21)31-12-11-20-8-6-9-22(30)15-20/h6,8-9,14-16,18,23H,7,10-13,17H2,1-5H3,(H,31,34)(H,32,37)/t23-/m1/s1. The fourth-order valence-electron chi connectivity index (χ4n) is 4.69. The van der Waals surface area contributed by atoms with E-state index in [1.165, 1.54) is 12.1 Å². The number of nitrogens with one attached hydrogen (secondary N) is 2. The van der Waals surface area contributed by atoms with Gasteiger partial charge in [0.05, 0.1) is 23.5 Å². The predicted octanol–water partition coefficient (Wildman–Crippen LogP) is 4.71. The molecule has 0 radical (unpaired) electrons. The number of benzene rings is 1. The molecule has 1 atom stereocenters. The minimum absolute atomic E-state index is 0.142. The maximum Gasteiger partial charge on any atom is 0.410 e. The van der Waals surface area contributed by atoms with E-state index in [9.17, 15) is 14.0 Å². The molecule has 9 nitrogen and oxygen atoms in total. The van der Waals surface area contributed by atoms with Gasteiger partial charge in [0.15, 0.2) is 0 Å².